The third-order valence-corrected chi connectivity index (χ3v) is 16.6. The number of allylic oxidation sites excluding steroid dienone is 2. The predicted molar refractivity (Wildman–Crippen MR) is 110 cm³/mol. The Balaban J connectivity index is 0.00000112. The van der Waals surface area contributed by atoms with Gasteiger partial charge in [-0.1, -0.05) is 0 Å². The number of fused-ring (bicyclic) bond motifs is 3. The minimum absolute atomic E-state index is 0. The first-order chi connectivity index (χ1) is 12.5. The largest absolute Gasteiger partial charge is 1.00 e. The topological polar surface area (TPSA) is 0 Å². The van der Waals surface area contributed by atoms with Crippen molar-refractivity contribution in [3.05, 3.63) is 82.1 Å². The van der Waals surface area contributed by atoms with Gasteiger partial charge in [-0.2, -0.15) is 0 Å². The van der Waals surface area contributed by atoms with E-state index in [1.165, 1.54) is 12.0 Å². The SMILES string of the molecule is CC[C](C)([Zr+2][CH]1C2=C(c3ccccc31)[Si]2(C)C)C1C=Cc2ccccc21.[Cl-].[Cl-]. The van der Waals surface area contributed by atoms with Gasteiger partial charge in [0.2, 0.25) is 0 Å². The normalized spacial score (nSPS) is 24.1. The average molecular weight is 505 g/mol. The van der Waals surface area contributed by atoms with Crippen molar-refractivity contribution in [1.29, 1.82) is 0 Å². The maximum absolute atomic E-state index is 2.61. The Morgan fingerprint density at radius 3 is 2.32 bits per heavy atom. The summed E-state index contributed by atoms with van der Waals surface area (Å²) in [5, 5.41) is 3.75. The molecule has 4 heteroatoms. The molecule has 0 saturated heterocycles. The molecule has 5 rings (SSSR count). The van der Waals surface area contributed by atoms with Crippen LogP contribution in [0.2, 0.25) is 16.2 Å². The summed E-state index contributed by atoms with van der Waals surface area (Å²) in [5.74, 6) is 0.621. The van der Waals surface area contributed by atoms with Gasteiger partial charge in [-0.25, -0.2) is 0 Å². The van der Waals surface area contributed by atoms with Gasteiger partial charge in [-0.05, 0) is 0 Å². The zero-order valence-corrected chi connectivity index (χ0v) is 21.9. The summed E-state index contributed by atoms with van der Waals surface area (Å²) in [6.07, 6.45) is 6.18. The molecule has 3 unspecified atom stereocenters. The van der Waals surface area contributed by atoms with Crippen molar-refractivity contribution < 1.29 is 48.0 Å². The Morgan fingerprint density at radius 1 is 0.964 bits per heavy atom. The van der Waals surface area contributed by atoms with E-state index in [-0.39, 0.29) is 24.8 Å². The van der Waals surface area contributed by atoms with Crippen molar-refractivity contribution >= 4 is 19.3 Å². The second kappa shape index (κ2) is 7.69. The molecule has 0 aromatic heterocycles. The van der Waals surface area contributed by atoms with Crippen LogP contribution < -0.4 is 24.8 Å². The fourth-order valence-corrected chi connectivity index (χ4v) is 17.5. The molecule has 0 spiro atoms. The number of rotatable bonds is 4. The molecule has 2 aliphatic carbocycles. The molecule has 0 amide bonds. The van der Waals surface area contributed by atoms with Gasteiger partial charge in [-0.15, -0.1) is 0 Å². The van der Waals surface area contributed by atoms with Crippen molar-refractivity contribution in [2.24, 2.45) is 0 Å². The van der Waals surface area contributed by atoms with Crippen molar-refractivity contribution in [2.75, 3.05) is 0 Å². The van der Waals surface area contributed by atoms with Crippen LogP contribution in [-0.4, -0.2) is 8.07 Å². The van der Waals surface area contributed by atoms with Crippen LogP contribution in [0.1, 0.15) is 52.1 Å². The third-order valence-electron chi connectivity index (χ3n) is 7.03. The first kappa shape index (κ1) is 22.3. The zero-order chi connectivity index (χ0) is 18.1. The molecular formula is C24H26Cl2SiZr. The maximum atomic E-state index is 2.61. The van der Waals surface area contributed by atoms with E-state index in [0.717, 1.165) is 3.63 Å². The van der Waals surface area contributed by atoms with E-state index >= 15 is 0 Å². The Kier molecular flexibility index (Phi) is 6.12. The minimum Gasteiger partial charge on any atom is -1.00 e. The van der Waals surface area contributed by atoms with Crippen LogP contribution in [0.15, 0.2) is 59.8 Å². The van der Waals surface area contributed by atoms with Crippen LogP contribution in [0.25, 0.3) is 11.3 Å². The average Bonchev–Trinajstić information content (AvgIpc) is 2.98. The van der Waals surface area contributed by atoms with Crippen LogP contribution in [0.3, 0.4) is 0 Å². The van der Waals surface area contributed by atoms with Gasteiger partial charge < -0.3 is 24.8 Å². The molecule has 1 heterocycles. The molecule has 28 heavy (non-hydrogen) atoms. The molecule has 2 aromatic rings. The molecule has 3 aliphatic rings. The van der Waals surface area contributed by atoms with Gasteiger partial charge in [0.1, 0.15) is 0 Å². The molecule has 2 aromatic carbocycles. The van der Waals surface area contributed by atoms with Gasteiger partial charge in [0.15, 0.2) is 0 Å². The van der Waals surface area contributed by atoms with E-state index in [4.69, 9.17) is 0 Å². The van der Waals surface area contributed by atoms with Crippen LogP contribution in [0.4, 0.5) is 0 Å². The van der Waals surface area contributed by atoms with Crippen LogP contribution in [0, 0.1) is 0 Å². The quantitative estimate of drug-likeness (QED) is 0.540. The van der Waals surface area contributed by atoms with Gasteiger partial charge in [-0.3, -0.25) is 0 Å². The monoisotopic (exact) mass is 502 g/mol. The smallest absolute Gasteiger partial charge is 1.00 e. The molecule has 0 nitrogen and oxygen atoms in total. The molecular weight excluding hydrogens is 478 g/mol. The number of hydrogen-bond donors (Lipinski definition) is 0. The standard InChI is InChI=1S/C13H15.C11H11Si.2ClH.Zr/c1-3-10(2)12-9-8-11-6-4-5-7-13(11)12;1-12(2)10-7-8-5-3-4-6-9(8)11(10)12;;;/h4-9,12H,3H2,1-2H3;3-7H,1-2H3;2*1H;/q;;;;+2/p-2. The van der Waals surface area contributed by atoms with Crippen LogP contribution >= 0.6 is 0 Å². The van der Waals surface area contributed by atoms with E-state index in [2.05, 4.69) is 87.6 Å². The summed E-state index contributed by atoms with van der Waals surface area (Å²) < 4.78 is 1.30. The molecule has 0 N–H and O–H groups in total. The number of halogens is 2. The molecule has 0 saturated carbocycles. The second-order valence-corrected chi connectivity index (χ2v) is 18.0. The molecule has 144 valence electrons. The second-order valence-electron chi connectivity index (χ2n) is 8.82. The Hall–Kier alpha value is -0.400. The van der Waals surface area contributed by atoms with Crippen molar-refractivity contribution in [3.63, 3.8) is 0 Å². The van der Waals surface area contributed by atoms with Gasteiger partial charge >= 0.3 is 171 Å². The van der Waals surface area contributed by atoms with Gasteiger partial charge in [0, 0.05) is 0 Å². The molecule has 3 atom stereocenters. The Bertz CT molecular complexity index is 978. The molecule has 0 fully saturated rings. The Morgan fingerprint density at radius 2 is 1.61 bits per heavy atom. The van der Waals surface area contributed by atoms with E-state index < -0.39 is 31.3 Å². The summed E-state index contributed by atoms with van der Waals surface area (Å²) in [6.45, 7) is 10.2. The summed E-state index contributed by atoms with van der Waals surface area (Å²) in [5.41, 5.74) is 6.34. The summed E-state index contributed by atoms with van der Waals surface area (Å²) in [7, 11) is -1.19. The molecule has 0 radical (unpaired) electrons. The molecule has 1 aliphatic heterocycles. The van der Waals surface area contributed by atoms with E-state index in [1.807, 2.05) is 10.4 Å². The van der Waals surface area contributed by atoms with Crippen molar-refractivity contribution in [2.45, 2.75) is 46.0 Å². The van der Waals surface area contributed by atoms with Crippen LogP contribution in [-0.2, 0) is 23.2 Å². The maximum Gasteiger partial charge on any atom is -1.00 e. The third kappa shape index (κ3) is 3.11. The van der Waals surface area contributed by atoms with Gasteiger partial charge in [0.25, 0.3) is 0 Å². The van der Waals surface area contributed by atoms with Crippen molar-refractivity contribution in [3.8, 4) is 0 Å². The number of hydrogen-bond acceptors (Lipinski definition) is 0. The number of benzene rings is 2. The van der Waals surface area contributed by atoms with E-state index in [9.17, 15) is 0 Å². The first-order valence-electron chi connectivity index (χ1n) is 9.86. The first-order valence-corrected chi connectivity index (χ1v) is 15.5. The zero-order valence-electron chi connectivity index (χ0n) is 16.9. The molecule has 0 bridgehead atoms. The van der Waals surface area contributed by atoms with Crippen molar-refractivity contribution in [1.82, 2.24) is 0 Å². The summed E-state index contributed by atoms with van der Waals surface area (Å²) in [6, 6.07) is 18.4. The van der Waals surface area contributed by atoms with E-state index in [1.54, 1.807) is 16.7 Å². The fourth-order valence-electron chi connectivity index (χ4n) is 5.31. The summed E-state index contributed by atoms with van der Waals surface area (Å²) >= 11 is -0.679. The van der Waals surface area contributed by atoms with Crippen LogP contribution in [0.5, 0.6) is 0 Å². The summed E-state index contributed by atoms with van der Waals surface area (Å²) in [4.78, 5) is 0. The predicted octanol–water partition coefficient (Wildman–Crippen LogP) is 0.785. The van der Waals surface area contributed by atoms with E-state index in [0.29, 0.717) is 9.04 Å². The minimum atomic E-state index is -1.19. The fraction of sp³-hybridized carbons (Fsp3) is 0.333. The Labute approximate surface area is 194 Å². The van der Waals surface area contributed by atoms with Gasteiger partial charge in [0.05, 0.1) is 0 Å².